The number of hydrazine groups is 1. The Morgan fingerprint density at radius 2 is 1.66 bits per heavy atom. The second-order valence-corrected chi connectivity index (χ2v) is 12.0. The van der Waals surface area contributed by atoms with Crippen molar-refractivity contribution in [1.82, 2.24) is 20.7 Å². The lowest BCUT2D eigenvalue weighted by molar-refractivity contribution is -0.134. The molecule has 32 heavy (non-hydrogen) atoms. The highest BCUT2D eigenvalue weighted by atomic mass is 32.1. The van der Waals surface area contributed by atoms with E-state index in [2.05, 4.69) is 43.5 Å². The Hall–Kier alpha value is -2.26. The van der Waals surface area contributed by atoms with Crippen LogP contribution < -0.4 is 10.9 Å². The number of nitrogens with one attached hydrogen (secondary N) is 2. The Balaban J connectivity index is 1.28. The molecule has 0 spiro atoms. The summed E-state index contributed by atoms with van der Waals surface area (Å²) in [6.07, 6.45) is 1.70. The van der Waals surface area contributed by atoms with Gasteiger partial charge in [-0.1, -0.05) is 27.7 Å². The van der Waals surface area contributed by atoms with Crippen molar-refractivity contribution in [3.63, 3.8) is 0 Å². The van der Waals surface area contributed by atoms with Crippen LogP contribution in [0.1, 0.15) is 76.5 Å². The van der Waals surface area contributed by atoms with E-state index < -0.39 is 5.91 Å². The van der Waals surface area contributed by atoms with Crippen LogP contribution in [0.5, 0.6) is 0 Å². The van der Waals surface area contributed by atoms with Gasteiger partial charge < -0.3 is 4.90 Å². The molecule has 1 saturated heterocycles. The van der Waals surface area contributed by atoms with Gasteiger partial charge in [0.15, 0.2) is 0 Å². The average Bonchev–Trinajstić information content (AvgIpc) is 3.24. The largest absolute Gasteiger partial charge is 0.342 e. The fourth-order valence-corrected chi connectivity index (χ4v) is 6.45. The second-order valence-electron chi connectivity index (χ2n) is 9.87. The second kappa shape index (κ2) is 8.26. The summed E-state index contributed by atoms with van der Waals surface area (Å²) in [4.78, 5) is 45.6. The average molecular weight is 475 g/mol. The maximum atomic E-state index is 13.0. The Morgan fingerprint density at radius 1 is 1.03 bits per heavy atom. The summed E-state index contributed by atoms with van der Waals surface area (Å²) < 4.78 is 0. The molecule has 0 unspecified atom stereocenters. The van der Waals surface area contributed by atoms with Gasteiger partial charge in [-0.2, -0.15) is 0 Å². The molecule has 0 bridgehead atoms. The first-order valence-electron chi connectivity index (χ1n) is 10.9. The summed E-state index contributed by atoms with van der Waals surface area (Å²) >= 11 is 2.83. The first kappa shape index (κ1) is 22.9. The number of aromatic nitrogens is 1. The van der Waals surface area contributed by atoms with Crippen LogP contribution in [0.3, 0.4) is 0 Å². The molecule has 1 aliphatic carbocycles. The van der Waals surface area contributed by atoms with Crippen molar-refractivity contribution in [2.45, 2.75) is 53.4 Å². The number of hydrogen-bond acceptors (Lipinski definition) is 6. The maximum Gasteiger partial charge on any atom is 0.289 e. The highest BCUT2D eigenvalue weighted by Gasteiger charge is 2.68. The van der Waals surface area contributed by atoms with Crippen molar-refractivity contribution in [2.75, 3.05) is 13.1 Å². The van der Waals surface area contributed by atoms with Gasteiger partial charge in [0.1, 0.15) is 5.69 Å². The van der Waals surface area contributed by atoms with E-state index in [1.807, 2.05) is 17.9 Å². The highest BCUT2D eigenvalue weighted by molar-refractivity contribution is 7.14. The molecule has 0 aromatic carbocycles. The molecule has 3 amide bonds. The zero-order chi connectivity index (χ0) is 23.3. The summed E-state index contributed by atoms with van der Waals surface area (Å²) in [5.74, 6) is -0.162. The number of piperidine rings is 1. The van der Waals surface area contributed by atoms with Gasteiger partial charge in [-0.05, 0) is 42.7 Å². The first-order valence-corrected chi connectivity index (χ1v) is 12.6. The quantitative estimate of drug-likeness (QED) is 0.656. The molecule has 2 N–H and O–H groups in total. The van der Waals surface area contributed by atoms with Crippen molar-refractivity contribution in [3.05, 3.63) is 38.0 Å². The van der Waals surface area contributed by atoms with Gasteiger partial charge in [0.05, 0.1) is 9.88 Å². The molecule has 2 aromatic heterocycles. The van der Waals surface area contributed by atoms with Gasteiger partial charge in [-0.25, -0.2) is 4.98 Å². The number of aryl methyl sites for hydroxylation is 1. The molecule has 3 heterocycles. The molecule has 4 rings (SSSR count). The fraction of sp³-hybridized carbons (Fsp3) is 0.565. The third kappa shape index (κ3) is 4.08. The maximum absolute atomic E-state index is 13.0. The van der Waals surface area contributed by atoms with E-state index in [9.17, 15) is 14.4 Å². The van der Waals surface area contributed by atoms with Crippen LogP contribution in [-0.4, -0.2) is 40.7 Å². The summed E-state index contributed by atoms with van der Waals surface area (Å²) in [5, 5.41) is 2.63. The standard InChI is InChI=1S/C23H30N4O3S2/c1-13-6-7-16(32-13)19(29)26-25-18(28)15-12-31-20(24-15)14-8-10-27(11-9-14)21(30)17-22(2,3)23(17,4)5/h6-7,12,14,17H,8-11H2,1-5H3,(H,25,28)(H,26,29). The number of carbonyl (C=O) groups excluding carboxylic acids is 3. The third-order valence-corrected chi connectivity index (χ3v) is 9.44. The Kier molecular flexibility index (Phi) is 5.92. The molecule has 7 nitrogen and oxygen atoms in total. The lowest BCUT2D eigenvalue weighted by Crippen LogP contribution is -2.41. The van der Waals surface area contributed by atoms with E-state index >= 15 is 0 Å². The van der Waals surface area contributed by atoms with Gasteiger partial charge >= 0.3 is 0 Å². The van der Waals surface area contributed by atoms with E-state index in [0.717, 1.165) is 35.8 Å². The predicted molar refractivity (Wildman–Crippen MR) is 126 cm³/mol. The molecule has 2 aromatic rings. The lowest BCUT2D eigenvalue weighted by atomic mass is 9.96. The Morgan fingerprint density at radius 3 is 2.22 bits per heavy atom. The van der Waals surface area contributed by atoms with E-state index in [1.54, 1.807) is 11.4 Å². The van der Waals surface area contributed by atoms with E-state index in [1.165, 1.54) is 22.7 Å². The molecular formula is C23H30N4O3S2. The van der Waals surface area contributed by atoms with Gasteiger partial charge in [-0.15, -0.1) is 22.7 Å². The van der Waals surface area contributed by atoms with Crippen molar-refractivity contribution in [2.24, 2.45) is 16.7 Å². The molecule has 0 atom stereocenters. The van der Waals surface area contributed by atoms with E-state index in [4.69, 9.17) is 0 Å². The molecule has 2 fully saturated rings. The molecule has 1 aliphatic heterocycles. The zero-order valence-electron chi connectivity index (χ0n) is 19.2. The van der Waals surface area contributed by atoms with Crippen LogP contribution in [0, 0.1) is 23.7 Å². The van der Waals surface area contributed by atoms with Gasteiger partial charge in [0, 0.05) is 35.2 Å². The number of nitrogens with zero attached hydrogens (tertiary/aromatic N) is 2. The van der Waals surface area contributed by atoms with Crippen LogP contribution in [0.2, 0.25) is 0 Å². The minimum atomic E-state index is -0.431. The summed E-state index contributed by atoms with van der Waals surface area (Å²) in [6.45, 7) is 12.1. The van der Waals surface area contributed by atoms with Crippen LogP contribution in [-0.2, 0) is 4.79 Å². The van der Waals surface area contributed by atoms with Crippen molar-refractivity contribution >= 4 is 40.4 Å². The van der Waals surface area contributed by atoms with Crippen molar-refractivity contribution in [3.8, 4) is 0 Å². The molecular weight excluding hydrogens is 444 g/mol. The number of rotatable bonds is 4. The first-order chi connectivity index (χ1) is 15.0. The van der Waals surface area contributed by atoms with Crippen LogP contribution >= 0.6 is 22.7 Å². The monoisotopic (exact) mass is 474 g/mol. The summed E-state index contributed by atoms with van der Waals surface area (Å²) in [7, 11) is 0. The fourth-order valence-electron chi connectivity index (χ4n) is 4.72. The van der Waals surface area contributed by atoms with Crippen molar-refractivity contribution in [1.29, 1.82) is 0 Å². The number of thiophene rings is 1. The SMILES string of the molecule is Cc1ccc(C(=O)NNC(=O)c2csc(C3CCN(C(=O)C4C(C)(C)C4(C)C)CC3)n2)s1. The summed E-state index contributed by atoms with van der Waals surface area (Å²) in [5.41, 5.74) is 5.28. The number of thiazole rings is 1. The van der Waals surface area contributed by atoms with Crippen LogP contribution in [0.4, 0.5) is 0 Å². The molecule has 2 aliphatic rings. The van der Waals surface area contributed by atoms with Crippen molar-refractivity contribution < 1.29 is 14.4 Å². The smallest absolute Gasteiger partial charge is 0.289 e. The molecule has 172 valence electrons. The highest BCUT2D eigenvalue weighted by Crippen LogP contribution is 2.68. The van der Waals surface area contributed by atoms with Gasteiger partial charge in [0.25, 0.3) is 11.8 Å². The van der Waals surface area contributed by atoms with Crippen LogP contribution in [0.25, 0.3) is 0 Å². The molecule has 1 saturated carbocycles. The number of hydrogen-bond donors (Lipinski definition) is 2. The number of carbonyl (C=O) groups is 3. The minimum Gasteiger partial charge on any atom is -0.342 e. The minimum absolute atomic E-state index is 0.0518. The summed E-state index contributed by atoms with van der Waals surface area (Å²) in [6, 6.07) is 3.59. The number of amides is 3. The van der Waals surface area contributed by atoms with Gasteiger partial charge in [0.2, 0.25) is 5.91 Å². The zero-order valence-corrected chi connectivity index (χ0v) is 20.8. The van der Waals surface area contributed by atoms with Crippen LogP contribution in [0.15, 0.2) is 17.5 Å². The molecule has 9 heteroatoms. The number of likely N-dealkylation sites (tertiary alicyclic amines) is 1. The van der Waals surface area contributed by atoms with Gasteiger partial charge in [-0.3, -0.25) is 25.2 Å². The Labute approximate surface area is 196 Å². The lowest BCUT2D eigenvalue weighted by Gasteiger charge is -2.31. The third-order valence-electron chi connectivity index (χ3n) is 7.43. The van der Waals surface area contributed by atoms with E-state index in [-0.39, 0.29) is 34.5 Å². The molecule has 0 radical (unpaired) electrons. The Bertz CT molecular complexity index is 1030. The topological polar surface area (TPSA) is 91.4 Å². The normalized spacial score (nSPS) is 20.1. The predicted octanol–water partition coefficient (Wildman–Crippen LogP) is 3.98. The van der Waals surface area contributed by atoms with E-state index in [0.29, 0.717) is 10.6 Å².